The number of hydrogen-bond acceptors (Lipinski definition) is 6. The van der Waals surface area contributed by atoms with Gasteiger partial charge in [0.25, 0.3) is 17.5 Å². The van der Waals surface area contributed by atoms with Crippen LogP contribution in [0.1, 0.15) is 20.7 Å². The van der Waals surface area contributed by atoms with E-state index in [1.807, 2.05) is 0 Å². The largest absolute Gasteiger partial charge is 0.506 e. The number of nitro groups is 1. The van der Waals surface area contributed by atoms with Gasteiger partial charge in [-0.1, -0.05) is 11.6 Å². The normalized spacial score (nSPS) is 12.9. The summed E-state index contributed by atoms with van der Waals surface area (Å²) < 4.78 is 13.7. The van der Waals surface area contributed by atoms with Gasteiger partial charge in [-0.2, -0.15) is 0 Å². The number of imide groups is 1. The molecule has 1 heterocycles. The van der Waals surface area contributed by atoms with E-state index in [1.54, 1.807) is 0 Å². The van der Waals surface area contributed by atoms with Crippen molar-refractivity contribution < 1.29 is 28.8 Å². The predicted octanol–water partition coefficient (Wildman–Crippen LogP) is 2.33. The van der Waals surface area contributed by atoms with Crippen LogP contribution in [0.5, 0.6) is 5.75 Å². The van der Waals surface area contributed by atoms with E-state index in [4.69, 9.17) is 11.6 Å². The topological polar surface area (TPSA) is 130 Å². The molecule has 0 aliphatic carbocycles. The molecule has 0 aromatic heterocycles. The molecule has 11 heteroatoms. The third-order valence-electron chi connectivity index (χ3n) is 3.78. The molecule has 9 nitrogen and oxygen atoms in total. The second-order valence-corrected chi connectivity index (χ2v) is 5.92. The molecule has 2 N–H and O–H groups in total. The van der Waals surface area contributed by atoms with E-state index in [1.165, 1.54) is 0 Å². The Morgan fingerprint density at radius 3 is 2.56 bits per heavy atom. The van der Waals surface area contributed by atoms with Crippen molar-refractivity contribution in [3.63, 3.8) is 0 Å². The van der Waals surface area contributed by atoms with Crippen molar-refractivity contribution >= 4 is 40.7 Å². The highest BCUT2D eigenvalue weighted by Gasteiger charge is 2.37. The van der Waals surface area contributed by atoms with Crippen LogP contribution in [0.25, 0.3) is 0 Å². The van der Waals surface area contributed by atoms with E-state index >= 15 is 0 Å². The fraction of sp³-hybridized carbons (Fsp3) is 0.0625. The first-order chi connectivity index (χ1) is 12.7. The van der Waals surface area contributed by atoms with Gasteiger partial charge < -0.3 is 10.4 Å². The molecule has 0 unspecified atom stereocenters. The number of nitrogens with one attached hydrogen (secondary N) is 1. The zero-order chi connectivity index (χ0) is 19.9. The summed E-state index contributed by atoms with van der Waals surface area (Å²) >= 11 is 5.65. The third-order valence-corrected chi connectivity index (χ3v) is 4.08. The van der Waals surface area contributed by atoms with Crippen LogP contribution in [-0.2, 0) is 4.79 Å². The number of phenolic OH excluding ortho intramolecular Hbond substituents is 1. The van der Waals surface area contributed by atoms with Gasteiger partial charge in [-0.3, -0.25) is 29.4 Å². The van der Waals surface area contributed by atoms with Gasteiger partial charge in [-0.25, -0.2) is 4.39 Å². The Kier molecular flexibility index (Phi) is 4.50. The van der Waals surface area contributed by atoms with Gasteiger partial charge in [-0.05, 0) is 12.1 Å². The number of fused-ring (bicyclic) bond motifs is 1. The molecule has 3 amide bonds. The van der Waals surface area contributed by atoms with E-state index in [-0.39, 0.29) is 27.5 Å². The second kappa shape index (κ2) is 6.65. The summed E-state index contributed by atoms with van der Waals surface area (Å²) in [6.07, 6.45) is 0. The summed E-state index contributed by atoms with van der Waals surface area (Å²) in [5.41, 5.74) is -0.991. The van der Waals surface area contributed by atoms with Crippen molar-refractivity contribution in [2.24, 2.45) is 0 Å². The number of non-ortho nitro benzene ring substituents is 1. The minimum atomic E-state index is -0.969. The number of nitrogens with zero attached hydrogens (tertiary/aromatic N) is 2. The lowest BCUT2D eigenvalue weighted by molar-refractivity contribution is -0.384. The highest BCUT2D eigenvalue weighted by atomic mass is 35.5. The molecule has 1 aliphatic rings. The van der Waals surface area contributed by atoms with E-state index in [2.05, 4.69) is 5.32 Å². The molecule has 3 rings (SSSR count). The molecular weight excluding hydrogens is 385 g/mol. The Morgan fingerprint density at radius 2 is 1.89 bits per heavy atom. The zero-order valence-electron chi connectivity index (χ0n) is 13.2. The number of hydrogen-bond donors (Lipinski definition) is 2. The maximum absolute atomic E-state index is 13.7. The van der Waals surface area contributed by atoms with Gasteiger partial charge in [0.15, 0.2) is 0 Å². The minimum absolute atomic E-state index is 0.0720. The summed E-state index contributed by atoms with van der Waals surface area (Å²) in [5, 5.41) is 22.0. The average Bonchev–Trinajstić information content (AvgIpc) is 2.84. The molecule has 2 aromatic rings. The number of amides is 3. The lowest BCUT2D eigenvalue weighted by Gasteiger charge is -2.14. The first kappa shape index (κ1) is 18.3. The van der Waals surface area contributed by atoms with E-state index in [0.717, 1.165) is 24.3 Å². The first-order valence-electron chi connectivity index (χ1n) is 7.31. The molecule has 1 aliphatic heterocycles. The molecule has 0 saturated carbocycles. The minimum Gasteiger partial charge on any atom is -0.506 e. The van der Waals surface area contributed by atoms with E-state index in [0.29, 0.717) is 11.0 Å². The van der Waals surface area contributed by atoms with Gasteiger partial charge in [0, 0.05) is 18.2 Å². The fourth-order valence-electron chi connectivity index (χ4n) is 2.50. The van der Waals surface area contributed by atoms with Gasteiger partial charge in [0.05, 0.1) is 26.8 Å². The van der Waals surface area contributed by atoms with Crippen molar-refractivity contribution in [3.05, 3.63) is 62.4 Å². The molecule has 0 atom stereocenters. The molecule has 0 spiro atoms. The summed E-state index contributed by atoms with van der Waals surface area (Å²) in [6.45, 7) is -0.738. The number of carbonyl (C=O) groups excluding carboxylic acids is 3. The number of halogens is 2. The lowest BCUT2D eigenvalue weighted by atomic mass is 10.1. The molecule has 2 aromatic carbocycles. The highest BCUT2D eigenvalue weighted by molar-refractivity contribution is 6.32. The van der Waals surface area contributed by atoms with Crippen LogP contribution in [-0.4, -0.2) is 39.2 Å². The van der Waals surface area contributed by atoms with Crippen LogP contribution < -0.4 is 5.32 Å². The number of aromatic hydroxyl groups is 1. The molecular formula is C16H9ClFN3O6. The van der Waals surface area contributed by atoms with Crippen LogP contribution in [0, 0.1) is 15.9 Å². The Balaban J connectivity index is 1.79. The summed E-state index contributed by atoms with van der Waals surface area (Å²) in [6, 6.07) is 4.81. The van der Waals surface area contributed by atoms with E-state index < -0.39 is 40.8 Å². The maximum atomic E-state index is 13.7. The highest BCUT2D eigenvalue weighted by Crippen LogP contribution is 2.30. The Labute approximate surface area is 155 Å². The van der Waals surface area contributed by atoms with Crippen molar-refractivity contribution in [1.29, 1.82) is 0 Å². The third kappa shape index (κ3) is 3.29. The van der Waals surface area contributed by atoms with Gasteiger partial charge in [0.2, 0.25) is 5.91 Å². The Hall–Kier alpha value is -3.53. The number of phenols is 1. The van der Waals surface area contributed by atoms with Crippen LogP contribution in [0.15, 0.2) is 30.3 Å². The Bertz CT molecular complexity index is 1030. The van der Waals surface area contributed by atoms with Gasteiger partial charge >= 0.3 is 0 Å². The standard InChI is InChI=1S/C16H9ClFN3O6/c17-10-4-12(11(18)5-13(10)22)19-14(23)6-20-15(24)8-2-1-7(21(26)27)3-9(8)16(20)25/h1-5,22H,6H2,(H,19,23). The summed E-state index contributed by atoms with van der Waals surface area (Å²) in [5.74, 6) is -4.07. The SMILES string of the molecule is O=C(CN1C(=O)c2ccc([N+](=O)[O-])cc2C1=O)Nc1cc(Cl)c(O)cc1F. The zero-order valence-corrected chi connectivity index (χ0v) is 14.0. The van der Waals surface area contributed by atoms with Gasteiger partial charge in [-0.15, -0.1) is 0 Å². The van der Waals surface area contributed by atoms with Crippen LogP contribution in [0.2, 0.25) is 5.02 Å². The monoisotopic (exact) mass is 393 g/mol. The summed E-state index contributed by atoms with van der Waals surface area (Å²) in [7, 11) is 0. The predicted molar refractivity (Wildman–Crippen MR) is 90.2 cm³/mol. The molecule has 0 fully saturated rings. The van der Waals surface area contributed by atoms with Crippen LogP contribution in [0.3, 0.4) is 0 Å². The van der Waals surface area contributed by atoms with Gasteiger partial charge in [0.1, 0.15) is 18.1 Å². The number of rotatable bonds is 4. The molecule has 0 bridgehead atoms. The molecule has 0 radical (unpaired) electrons. The average molecular weight is 394 g/mol. The quantitative estimate of drug-likeness (QED) is 0.355. The number of benzene rings is 2. The van der Waals surface area contributed by atoms with Crippen LogP contribution >= 0.6 is 11.6 Å². The molecule has 138 valence electrons. The lowest BCUT2D eigenvalue weighted by Crippen LogP contribution is -2.37. The first-order valence-corrected chi connectivity index (χ1v) is 7.69. The van der Waals surface area contributed by atoms with Crippen molar-refractivity contribution in [2.75, 3.05) is 11.9 Å². The van der Waals surface area contributed by atoms with E-state index in [9.17, 15) is 34.0 Å². The number of anilines is 1. The van der Waals surface area contributed by atoms with Crippen molar-refractivity contribution in [1.82, 2.24) is 4.90 Å². The molecule has 0 saturated heterocycles. The molecule has 27 heavy (non-hydrogen) atoms. The number of carbonyl (C=O) groups is 3. The fourth-order valence-corrected chi connectivity index (χ4v) is 2.66. The smallest absolute Gasteiger partial charge is 0.270 e. The van der Waals surface area contributed by atoms with Crippen molar-refractivity contribution in [3.8, 4) is 5.75 Å². The van der Waals surface area contributed by atoms with Crippen molar-refractivity contribution in [2.45, 2.75) is 0 Å². The van der Waals surface area contributed by atoms with Crippen LogP contribution in [0.4, 0.5) is 15.8 Å². The maximum Gasteiger partial charge on any atom is 0.270 e. The Morgan fingerprint density at radius 1 is 1.22 bits per heavy atom. The number of nitro benzene ring substituents is 1. The second-order valence-electron chi connectivity index (χ2n) is 5.52. The summed E-state index contributed by atoms with van der Waals surface area (Å²) in [4.78, 5) is 47.3.